The van der Waals surface area contributed by atoms with Crippen LogP contribution in [0.15, 0.2) is 85.5 Å². The first-order chi connectivity index (χ1) is 16.6. The van der Waals surface area contributed by atoms with Crippen molar-refractivity contribution in [2.24, 2.45) is 17.8 Å². The molecule has 3 aromatic rings. The summed E-state index contributed by atoms with van der Waals surface area (Å²) in [5.41, 5.74) is 6.44. The normalized spacial score (nSPS) is 26.8. The van der Waals surface area contributed by atoms with Gasteiger partial charge in [0.1, 0.15) is 0 Å². The van der Waals surface area contributed by atoms with Gasteiger partial charge in [0.25, 0.3) is 0 Å². The number of nitrogens with one attached hydrogen (secondary N) is 2. The van der Waals surface area contributed by atoms with E-state index >= 15 is 0 Å². The smallest absolute Gasteiger partial charge is 0.187 e. The number of allylic oxidation sites excluding steroid dienone is 1. The molecule has 3 aromatic carbocycles. The molecule has 172 valence electrons. The second-order valence-corrected chi connectivity index (χ2v) is 10.7. The van der Waals surface area contributed by atoms with Gasteiger partial charge in [-0.1, -0.05) is 36.9 Å². The maximum Gasteiger partial charge on any atom is 0.187 e. The number of ketones is 1. The standard InChI is InChI=1S/C31H32N2O/c1-2-30(34)28-8-3-4-9-29(28)33-27-7-5-6-26(17-27)32-25-12-10-24(11-13-25)31-18-21-14-22(19-31)16-23(15-21)20-31/h2-13,17,21-23,32-33H,1,14-16,18-20H2. The zero-order valence-electron chi connectivity index (χ0n) is 19.6. The monoisotopic (exact) mass is 448 g/mol. The molecule has 4 fully saturated rings. The first-order valence-corrected chi connectivity index (χ1v) is 12.6. The second kappa shape index (κ2) is 8.47. The summed E-state index contributed by atoms with van der Waals surface area (Å²) in [5, 5.41) is 6.95. The van der Waals surface area contributed by atoms with Crippen LogP contribution < -0.4 is 10.6 Å². The highest BCUT2D eigenvalue weighted by Gasteiger charge is 2.51. The summed E-state index contributed by atoms with van der Waals surface area (Å²) in [6.07, 6.45) is 9.99. The van der Waals surface area contributed by atoms with Crippen molar-refractivity contribution < 1.29 is 4.79 Å². The largest absolute Gasteiger partial charge is 0.355 e. The minimum atomic E-state index is -0.0866. The molecule has 0 aromatic heterocycles. The molecule has 0 amide bonds. The fraction of sp³-hybridized carbons (Fsp3) is 0.323. The first kappa shape index (κ1) is 21.2. The summed E-state index contributed by atoms with van der Waals surface area (Å²) in [7, 11) is 0. The van der Waals surface area contributed by atoms with Gasteiger partial charge in [-0.25, -0.2) is 0 Å². The average Bonchev–Trinajstić information content (AvgIpc) is 2.84. The van der Waals surface area contributed by atoms with Crippen LogP contribution in [0.5, 0.6) is 0 Å². The lowest BCUT2D eigenvalue weighted by atomic mass is 9.48. The Labute approximate surface area is 202 Å². The minimum absolute atomic E-state index is 0.0866. The summed E-state index contributed by atoms with van der Waals surface area (Å²) in [4.78, 5) is 12.2. The highest BCUT2D eigenvalue weighted by Crippen LogP contribution is 2.60. The van der Waals surface area contributed by atoms with Crippen molar-refractivity contribution in [3.63, 3.8) is 0 Å². The highest BCUT2D eigenvalue weighted by atomic mass is 16.1. The van der Waals surface area contributed by atoms with E-state index in [0.717, 1.165) is 40.5 Å². The van der Waals surface area contributed by atoms with Crippen LogP contribution in [-0.4, -0.2) is 5.78 Å². The molecule has 3 nitrogen and oxygen atoms in total. The first-order valence-electron chi connectivity index (χ1n) is 12.6. The SMILES string of the molecule is C=CC(=O)c1ccccc1Nc1cccc(Nc2ccc(C34CC5CC(CC(C5)C3)C4)cc2)c1. The molecule has 3 heteroatoms. The molecule has 4 saturated carbocycles. The number of benzene rings is 3. The van der Waals surface area contributed by atoms with Crippen LogP contribution in [0.1, 0.15) is 54.4 Å². The number of carbonyl (C=O) groups excluding carboxylic acids is 1. The summed E-state index contributed by atoms with van der Waals surface area (Å²) < 4.78 is 0. The molecular formula is C31H32N2O. The van der Waals surface area contributed by atoms with Crippen LogP contribution >= 0.6 is 0 Å². The van der Waals surface area contributed by atoms with Gasteiger partial charge in [-0.05, 0) is 116 Å². The summed E-state index contributed by atoms with van der Waals surface area (Å²) in [6.45, 7) is 3.62. The summed E-state index contributed by atoms with van der Waals surface area (Å²) in [6, 6.07) is 24.9. The number of carbonyl (C=O) groups is 1. The number of hydrogen-bond donors (Lipinski definition) is 2. The maximum absolute atomic E-state index is 12.2. The van der Waals surface area contributed by atoms with E-state index in [9.17, 15) is 4.79 Å². The van der Waals surface area contributed by atoms with Crippen molar-refractivity contribution in [1.29, 1.82) is 0 Å². The Morgan fingerprint density at radius 3 is 2.03 bits per heavy atom. The Hall–Kier alpha value is -3.33. The van der Waals surface area contributed by atoms with Gasteiger partial charge in [0.15, 0.2) is 5.78 Å². The Kier molecular flexibility index (Phi) is 5.28. The van der Waals surface area contributed by atoms with E-state index in [2.05, 4.69) is 53.6 Å². The predicted octanol–water partition coefficient (Wildman–Crippen LogP) is 8.01. The van der Waals surface area contributed by atoms with E-state index in [-0.39, 0.29) is 5.78 Å². The molecule has 34 heavy (non-hydrogen) atoms. The molecule has 4 aliphatic rings. The van der Waals surface area contributed by atoms with Crippen LogP contribution in [0.25, 0.3) is 0 Å². The summed E-state index contributed by atoms with van der Waals surface area (Å²) >= 11 is 0. The van der Waals surface area contributed by atoms with Crippen molar-refractivity contribution in [1.82, 2.24) is 0 Å². The summed E-state index contributed by atoms with van der Waals surface area (Å²) in [5.74, 6) is 2.81. The molecule has 0 atom stereocenters. The third kappa shape index (κ3) is 3.94. The Bertz CT molecular complexity index is 1190. The second-order valence-electron chi connectivity index (χ2n) is 10.7. The van der Waals surface area contributed by atoms with E-state index in [4.69, 9.17) is 0 Å². The Morgan fingerprint density at radius 1 is 0.765 bits per heavy atom. The molecule has 2 N–H and O–H groups in total. The minimum Gasteiger partial charge on any atom is -0.355 e. The zero-order chi connectivity index (χ0) is 23.1. The van der Waals surface area contributed by atoms with Crippen LogP contribution in [0.4, 0.5) is 22.7 Å². The molecule has 0 heterocycles. The number of para-hydroxylation sites is 1. The van der Waals surface area contributed by atoms with Crippen LogP contribution in [0, 0.1) is 17.8 Å². The van der Waals surface area contributed by atoms with Gasteiger partial charge in [0, 0.05) is 28.3 Å². The zero-order valence-corrected chi connectivity index (χ0v) is 19.6. The van der Waals surface area contributed by atoms with E-state index in [0.29, 0.717) is 11.0 Å². The fourth-order valence-electron chi connectivity index (χ4n) is 7.29. The molecule has 4 bridgehead atoms. The molecule has 0 unspecified atom stereocenters. The van der Waals surface area contributed by atoms with Crippen molar-refractivity contribution >= 4 is 28.5 Å². The van der Waals surface area contributed by atoms with Crippen molar-refractivity contribution in [2.75, 3.05) is 10.6 Å². The van der Waals surface area contributed by atoms with Gasteiger partial charge in [-0.3, -0.25) is 4.79 Å². The Morgan fingerprint density at radius 2 is 1.38 bits per heavy atom. The van der Waals surface area contributed by atoms with Gasteiger partial charge in [-0.15, -0.1) is 0 Å². The molecule has 4 aliphatic carbocycles. The predicted molar refractivity (Wildman–Crippen MR) is 140 cm³/mol. The van der Waals surface area contributed by atoms with Crippen LogP contribution in [-0.2, 0) is 5.41 Å². The van der Waals surface area contributed by atoms with E-state index in [1.165, 1.54) is 44.6 Å². The number of rotatable bonds is 7. The van der Waals surface area contributed by atoms with Crippen molar-refractivity contribution in [2.45, 2.75) is 43.9 Å². The third-order valence-corrected chi connectivity index (χ3v) is 8.34. The maximum atomic E-state index is 12.2. The average molecular weight is 449 g/mol. The highest BCUT2D eigenvalue weighted by molar-refractivity contribution is 6.08. The van der Waals surface area contributed by atoms with Crippen molar-refractivity contribution in [3.8, 4) is 0 Å². The van der Waals surface area contributed by atoms with Gasteiger partial charge < -0.3 is 10.6 Å². The van der Waals surface area contributed by atoms with Crippen LogP contribution in [0.2, 0.25) is 0 Å². The van der Waals surface area contributed by atoms with E-state index < -0.39 is 0 Å². The lowest BCUT2D eigenvalue weighted by Gasteiger charge is -2.57. The molecule has 0 spiro atoms. The lowest BCUT2D eigenvalue weighted by Crippen LogP contribution is -2.48. The van der Waals surface area contributed by atoms with Gasteiger partial charge in [0.05, 0.1) is 0 Å². The van der Waals surface area contributed by atoms with Crippen LogP contribution in [0.3, 0.4) is 0 Å². The molecular weight excluding hydrogens is 416 g/mol. The number of hydrogen-bond acceptors (Lipinski definition) is 3. The topological polar surface area (TPSA) is 41.1 Å². The van der Waals surface area contributed by atoms with E-state index in [1.54, 1.807) is 5.56 Å². The van der Waals surface area contributed by atoms with Gasteiger partial charge in [0.2, 0.25) is 0 Å². The lowest BCUT2D eigenvalue weighted by molar-refractivity contribution is -0.00518. The quantitative estimate of drug-likeness (QED) is 0.284. The Balaban J connectivity index is 1.18. The van der Waals surface area contributed by atoms with Gasteiger partial charge in [-0.2, -0.15) is 0 Å². The molecule has 7 rings (SSSR count). The van der Waals surface area contributed by atoms with Gasteiger partial charge >= 0.3 is 0 Å². The molecule has 0 radical (unpaired) electrons. The van der Waals surface area contributed by atoms with Crippen molar-refractivity contribution in [3.05, 3.63) is 96.6 Å². The van der Waals surface area contributed by atoms with E-state index in [1.807, 2.05) is 36.4 Å². The molecule has 0 aliphatic heterocycles. The number of anilines is 4. The fourth-order valence-corrected chi connectivity index (χ4v) is 7.29. The third-order valence-electron chi connectivity index (χ3n) is 8.34. The molecule has 0 saturated heterocycles.